The molecule has 4 rings (SSSR count). The summed E-state index contributed by atoms with van der Waals surface area (Å²) >= 11 is 0. The van der Waals surface area contributed by atoms with Gasteiger partial charge in [0.2, 0.25) is 0 Å². The number of allylic oxidation sites excluding steroid dienone is 2. The largest absolute Gasteiger partial charge is 0.462 e. The van der Waals surface area contributed by atoms with Crippen molar-refractivity contribution in [3.8, 4) is 0 Å². The Labute approximate surface area is 208 Å². The van der Waals surface area contributed by atoms with Crippen LogP contribution >= 0.6 is 0 Å². The van der Waals surface area contributed by atoms with Gasteiger partial charge in [0.15, 0.2) is 5.78 Å². The van der Waals surface area contributed by atoms with Gasteiger partial charge in [0.1, 0.15) is 6.10 Å². The van der Waals surface area contributed by atoms with Crippen LogP contribution in [0.2, 0.25) is 0 Å². The van der Waals surface area contributed by atoms with Gasteiger partial charge in [0, 0.05) is 6.42 Å². The quantitative estimate of drug-likeness (QED) is 0.239. The van der Waals surface area contributed by atoms with Crippen LogP contribution in [0.3, 0.4) is 0 Å². The van der Waals surface area contributed by atoms with Crippen LogP contribution < -0.4 is 0 Å². The normalized spacial score (nSPS) is 38.9. The first kappa shape index (κ1) is 26.0. The van der Waals surface area contributed by atoms with Gasteiger partial charge in [-0.2, -0.15) is 0 Å². The number of ketones is 1. The molecule has 3 saturated carbocycles. The van der Waals surface area contributed by atoms with E-state index in [2.05, 4.69) is 26.8 Å². The number of unbranched alkanes of at least 4 members (excludes halogenated alkanes) is 6. The van der Waals surface area contributed by atoms with Crippen LogP contribution in [0.15, 0.2) is 11.6 Å². The molecular weight excluding hydrogens is 420 g/mol. The van der Waals surface area contributed by atoms with E-state index in [0.717, 1.165) is 49.5 Å². The molecule has 3 nitrogen and oxygen atoms in total. The SMILES string of the molecule is CCCCCCCCCC(=O)O[C@H]1CC[C@@]2(C)[C@@H](CC[C@@H]3[C@@H]2CC[C@]2(C)C(C(C)=O)=CC[C@@H]32)C1. The second kappa shape index (κ2) is 10.9. The molecule has 0 unspecified atom stereocenters. The van der Waals surface area contributed by atoms with Crippen LogP contribution in [0.4, 0.5) is 0 Å². The van der Waals surface area contributed by atoms with E-state index in [0.29, 0.717) is 29.5 Å². The van der Waals surface area contributed by atoms with Gasteiger partial charge in [0.25, 0.3) is 0 Å². The molecule has 0 aromatic carbocycles. The second-order valence-electron chi connectivity index (χ2n) is 12.8. The van der Waals surface area contributed by atoms with E-state index in [-0.39, 0.29) is 17.5 Å². The van der Waals surface area contributed by atoms with E-state index < -0.39 is 0 Å². The maximum absolute atomic E-state index is 12.5. The Bertz CT molecular complexity index is 769. The smallest absolute Gasteiger partial charge is 0.306 e. The monoisotopic (exact) mass is 470 g/mol. The summed E-state index contributed by atoms with van der Waals surface area (Å²) in [6.07, 6.45) is 21.1. The van der Waals surface area contributed by atoms with Crippen molar-refractivity contribution in [1.82, 2.24) is 0 Å². The highest BCUT2D eigenvalue weighted by molar-refractivity contribution is 5.95. The van der Waals surface area contributed by atoms with Gasteiger partial charge < -0.3 is 4.74 Å². The van der Waals surface area contributed by atoms with Crippen LogP contribution in [0, 0.1) is 34.5 Å². The van der Waals surface area contributed by atoms with Crippen LogP contribution in [-0.2, 0) is 14.3 Å². The molecule has 0 heterocycles. The molecule has 4 aliphatic rings. The molecule has 0 aromatic heterocycles. The minimum atomic E-state index is 0.0399. The summed E-state index contributed by atoms with van der Waals surface area (Å²) in [6.45, 7) is 8.95. The van der Waals surface area contributed by atoms with E-state index in [4.69, 9.17) is 4.74 Å². The van der Waals surface area contributed by atoms with Crippen molar-refractivity contribution in [2.75, 3.05) is 0 Å². The van der Waals surface area contributed by atoms with E-state index >= 15 is 0 Å². The van der Waals surface area contributed by atoms with Gasteiger partial charge in [-0.15, -0.1) is 0 Å². The van der Waals surface area contributed by atoms with E-state index in [1.807, 2.05) is 0 Å². The third kappa shape index (κ3) is 5.05. The number of carbonyl (C=O) groups is 2. The molecule has 7 atom stereocenters. The average Bonchev–Trinajstić information content (AvgIpc) is 3.16. The standard InChI is InChI=1S/C31H50O3/c1-5-6-7-8-9-10-11-12-29(33)34-24-17-19-30(3)23(21-24)13-14-25-27-16-15-26(22(2)32)31(27,4)20-18-28(25)30/h15,23-25,27-28H,5-14,16-21H2,1-4H3/t23-,24-,25-,27-,28-,30-,31+/m0/s1. The lowest BCUT2D eigenvalue weighted by atomic mass is 9.44. The Morgan fingerprint density at radius 3 is 2.41 bits per heavy atom. The number of fused-ring (bicyclic) bond motifs is 5. The van der Waals surface area contributed by atoms with Crippen molar-refractivity contribution < 1.29 is 14.3 Å². The molecule has 0 N–H and O–H groups in total. The van der Waals surface area contributed by atoms with Gasteiger partial charge in [0.05, 0.1) is 0 Å². The lowest BCUT2D eigenvalue weighted by molar-refractivity contribution is -0.161. The van der Waals surface area contributed by atoms with Crippen molar-refractivity contribution in [2.24, 2.45) is 34.5 Å². The average molecular weight is 471 g/mol. The van der Waals surface area contributed by atoms with Gasteiger partial charge in [-0.3, -0.25) is 9.59 Å². The first-order valence-corrected chi connectivity index (χ1v) is 14.7. The van der Waals surface area contributed by atoms with Gasteiger partial charge in [-0.1, -0.05) is 65.4 Å². The molecule has 0 bridgehead atoms. The fourth-order valence-corrected chi connectivity index (χ4v) is 8.91. The predicted octanol–water partition coefficient (Wildman–Crippen LogP) is 8.21. The van der Waals surface area contributed by atoms with Crippen molar-refractivity contribution in [2.45, 2.75) is 137 Å². The summed E-state index contributed by atoms with van der Waals surface area (Å²) in [5.74, 6) is 3.20. The molecule has 4 aliphatic carbocycles. The lowest BCUT2D eigenvalue weighted by Crippen LogP contribution is -2.54. The number of ether oxygens (including phenoxy) is 1. The molecule has 3 heteroatoms. The fourth-order valence-electron chi connectivity index (χ4n) is 8.91. The highest BCUT2D eigenvalue weighted by atomic mass is 16.5. The molecule has 0 amide bonds. The second-order valence-corrected chi connectivity index (χ2v) is 12.8. The van der Waals surface area contributed by atoms with Gasteiger partial charge in [-0.25, -0.2) is 0 Å². The Balaban J connectivity index is 1.26. The molecule has 3 fully saturated rings. The van der Waals surface area contributed by atoms with Crippen LogP contribution in [0.5, 0.6) is 0 Å². The molecule has 0 radical (unpaired) electrons. The van der Waals surface area contributed by atoms with Crippen LogP contribution in [0.1, 0.15) is 130 Å². The third-order valence-electron chi connectivity index (χ3n) is 10.9. The first-order valence-electron chi connectivity index (χ1n) is 14.7. The molecule has 0 spiro atoms. The van der Waals surface area contributed by atoms with Crippen LogP contribution in [-0.4, -0.2) is 17.9 Å². The molecule has 192 valence electrons. The number of carbonyl (C=O) groups excluding carboxylic acids is 2. The topological polar surface area (TPSA) is 43.4 Å². The number of rotatable bonds is 10. The highest BCUT2D eigenvalue weighted by Gasteiger charge is 2.59. The van der Waals surface area contributed by atoms with E-state index in [1.54, 1.807) is 6.92 Å². The summed E-state index contributed by atoms with van der Waals surface area (Å²) in [5, 5.41) is 0. The summed E-state index contributed by atoms with van der Waals surface area (Å²) in [4.78, 5) is 24.8. The van der Waals surface area contributed by atoms with E-state index in [1.165, 1.54) is 64.2 Å². The summed E-state index contributed by atoms with van der Waals surface area (Å²) in [6, 6.07) is 0. The van der Waals surface area contributed by atoms with Crippen molar-refractivity contribution >= 4 is 11.8 Å². The van der Waals surface area contributed by atoms with Crippen molar-refractivity contribution in [1.29, 1.82) is 0 Å². The summed E-state index contributed by atoms with van der Waals surface area (Å²) in [7, 11) is 0. The zero-order valence-electron chi connectivity index (χ0n) is 22.5. The van der Waals surface area contributed by atoms with E-state index in [9.17, 15) is 9.59 Å². The summed E-state index contributed by atoms with van der Waals surface area (Å²) < 4.78 is 6.01. The lowest BCUT2D eigenvalue weighted by Gasteiger charge is -2.60. The van der Waals surface area contributed by atoms with Crippen molar-refractivity contribution in [3.63, 3.8) is 0 Å². The number of hydrogen-bond acceptors (Lipinski definition) is 3. The Hall–Kier alpha value is -1.12. The number of hydrogen-bond donors (Lipinski definition) is 0. The van der Waals surface area contributed by atoms with Crippen molar-refractivity contribution in [3.05, 3.63) is 11.6 Å². The number of Topliss-reactive ketones (excluding diaryl/α,β-unsaturated/α-hetero) is 1. The Morgan fingerprint density at radius 1 is 0.941 bits per heavy atom. The minimum Gasteiger partial charge on any atom is -0.462 e. The van der Waals surface area contributed by atoms with Gasteiger partial charge in [-0.05, 0) is 105 Å². The Morgan fingerprint density at radius 2 is 1.68 bits per heavy atom. The zero-order chi connectivity index (χ0) is 24.3. The molecule has 0 saturated heterocycles. The zero-order valence-corrected chi connectivity index (χ0v) is 22.5. The molecule has 34 heavy (non-hydrogen) atoms. The molecular formula is C31H50O3. The fraction of sp³-hybridized carbons (Fsp3) is 0.871. The Kier molecular flexibility index (Phi) is 8.30. The maximum Gasteiger partial charge on any atom is 0.306 e. The number of esters is 1. The predicted molar refractivity (Wildman–Crippen MR) is 138 cm³/mol. The third-order valence-corrected chi connectivity index (χ3v) is 10.9. The highest BCUT2D eigenvalue weighted by Crippen LogP contribution is 2.66. The molecule has 0 aliphatic heterocycles. The minimum absolute atomic E-state index is 0.0399. The maximum atomic E-state index is 12.5. The summed E-state index contributed by atoms with van der Waals surface area (Å²) in [5.41, 5.74) is 1.61. The van der Waals surface area contributed by atoms with Gasteiger partial charge >= 0.3 is 5.97 Å². The molecule has 0 aromatic rings. The first-order chi connectivity index (χ1) is 16.3. The van der Waals surface area contributed by atoms with Crippen LogP contribution in [0.25, 0.3) is 0 Å².